The number of hydrogen-bond donors (Lipinski definition) is 2. The van der Waals surface area contributed by atoms with E-state index >= 15 is 0 Å². The predicted octanol–water partition coefficient (Wildman–Crippen LogP) is 2.17. The highest BCUT2D eigenvalue weighted by Gasteiger charge is 2.29. The molecule has 2 N–H and O–H groups in total. The van der Waals surface area contributed by atoms with E-state index in [-0.39, 0.29) is 23.2 Å². The molecule has 0 bridgehead atoms. The molecule has 6 heteroatoms. The molecule has 1 unspecified atom stereocenters. The Balaban J connectivity index is 2.31. The van der Waals surface area contributed by atoms with Crippen LogP contribution in [-0.4, -0.2) is 51.6 Å². The van der Waals surface area contributed by atoms with E-state index in [1.54, 1.807) is 0 Å². The number of amides is 2. The third kappa shape index (κ3) is 6.18. The smallest absolute Gasteiger partial charge is 0.317 e. The second-order valence-electron chi connectivity index (χ2n) is 5.67. The lowest BCUT2D eigenvalue weighted by Gasteiger charge is -2.38. The van der Waals surface area contributed by atoms with Crippen LogP contribution in [0.15, 0.2) is 0 Å². The molecule has 1 saturated heterocycles. The standard InChI is InChI=1S/C13H24N2O3S/c1-10(5-4-6-11(16)17)14-12(18)15-7-8-19-13(2,3)9-15/h10H,4-9H2,1-3H3,(H,14,18)(H,16,17). The van der Waals surface area contributed by atoms with E-state index in [0.717, 1.165) is 18.8 Å². The van der Waals surface area contributed by atoms with Gasteiger partial charge < -0.3 is 15.3 Å². The molecule has 0 radical (unpaired) electrons. The van der Waals surface area contributed by atoms with Gasteiger partial charge in [-0.25, -0.2) is 4.79 Å². The second kappa shape index (κ2) is 7.03. The number of carboxylic acid groups (broad SMARTS) is 1. The number of carbonyl (C=O) groups is 2. The van der Waals surface area contributed by atoms with Crippen LogP contribution in [0.25, 0.3) is 0 Å². The molecule has 1 rings (SSSR count). The van der Waals surface area contributed by atoms with Gasteiger partial charge in [-0.05, 0) is 33.6 Å². The van der Waals surface area contributed by atoms with E-state index in [9.17, 15) is 9.59 Å². The van der Waals surface area contributed by atoms with Crippen molar-refractivity contribution in [3.63, 3.8) is 0 Å². The number of carboxylic acids is 1. The maximum Gasteiger partial charge on any atom is 0.317 e. The van der Waals surface area contributed by atoms with Gasteiger partial charge in [0.15, 0.2) is 0 Å². The van der Waals surface area contributed by atoms with Gasteiger partial charge in [0.2, 0.25) is 0 Å². The number of urea groups is 1. The summed E-state index contributed by atoms with van der Waals surface area (Å²) in [5.41, 5.74) is 0. The molecule has 1 aliphatic heterocycles. The SMILES string of the molecule is CC(CCCC(=O)O)NC(=O)N1CCSC(C)(C)C1. The first-order valence-electron chi connectivity index (χ1n) is 6.71. The molecule has 110 valence electrons. The highest BCUT2D eigenvalue weighted by molar-refractivity contribution is 8.00. The van der Waals surface area contributed by atoms with Gasteiger partial charge in [-0.2, -0.15) is 11.8 Å². The van der Waals surface area contributed by atoms with Crippen LogP contribution in [0.4, 0.5) is 4.79 Å². The van der Waals surface area contributed by atoms with Crippen LogP contribution in [0.2, 0.25) is 0 Å². The quantitative estimate of drug-likeness (QED) is 0.813. The fourth-order valence-electron chi connectivity index (χ4n) is 2.12. The second-order valence-corrected chi connectivity index (χ2v) is 7.47. The van der Waals surface area contributed by atoms with Crippen molar-refractivity contribution in [3.05, 3.63) is 0 Å². The number of rotatable bonds is 5. The van der Waals surface area contributed by atoms with E-state index in [1.807, 2.05) is 23.6 Å². The maximum atomic E-state index is 12.1. The molecule has 1 atom stereocenters. The minimum absolute atomic E-state index is 0.0181. The molecule has 1 fully saturated rings. The summed E-state index contributed by atoms with van der Waals surface area (Å²) < 4.78 is 0.113. The number of carbonyl (C=O) groups excluding carboxylic acids is 1. The Labute approximate surface area is 119 Å². The van der Waals surface area contributed by atoms with E-state index in [2.05, 4.69) is 19.2 Å². The Morgan fingerprint density at radius 2 is 2.16 bits per heavy atom. The molecule has 0 spiro atoms. The molecule has 0 aromatic rings. The van der Waals surface area contributed by atoms with Crippen molar-refractivity contribution in [2.24, 2.45) is 0 Å². The van der Waals surface area contributed by atoms with E-state index in [1.165, 1.54) is 0 Å². The Kier molecular flexibility index (Phi) is 5.97. The van der Waals surface area contributed by atoms with Gasteiger partial charge in [0.05, 0.1) is 0 Å². The summed E-state index contributed by atoms with van der Waals surface area (Å²) in [6.45, 7) is 7.75. The van der Waals surface area contributed by atoms with Crippen LogP contribution < -0.4 is 5.32 Å². The van der Waals surface area contributed by atoms with Crippen molar-refractivity contribution in [2.45, 2.75) is 50.8 Å². The van der Waals surface area contributed by atoms with Crippen LogP contribution in [0, 0.1) is 0 Å². The number of nitrogens with one attached hydrogen (secondary N) is 1. The molecule has 1 heterocycles. The first-order chi connectivity index (χ1) is 8.80. The highest BCUT2D eigenvalue weighted by Crippen LogP contribution is 2.29. The summed E-state index contributed by atoms with van der Waals surface area (Å²) in [6, 6.07) is -0.0132. The fraction of sp³-hybridized carbons (Fsp3) is 0.846. The molecule has 1 aliphatic rings. The van der Waals surface area contributed by atoms with Crippen LogP contribution >= 0.6 is 11.8 Å². The molecule has 2 amide bonds. The van der Waals surface area contributed by atoms with Crippen LogP contribution in [0.5, 0.6) is 0 Å². The fourth-order valence-corrected chi connectivity index (χ4v) is 3.23. The van der Waals surface area contributed by atoms with Crippen LogP contribution in [0.1, 0.15) is 40.0 Å². The highest BCUT2D eigenvalue weighted by atomic mass is 32.2. The van der Waals surface area contributed by atoms with Crippen LogP contribution in [-0.2, 0) is 4.79 Å². The summed E-state index contributed by atoms with van der Waals surface area (Å²) in [7, 11) is 0. The minimum atomic E-state index is -0.784. The maximum absolute atomic E-state index is 12.1. The van der Waals surface area contributed by atoms with Crippen LogP contribution in [0.3, 0.4) is 0 Å². The Morgan fingerprint density at radius 1 is 1.47 bits per heavy atom. The van der Waals surface area contributed by atoms with Gasteiger partial charge >= 0.3 is 12.0 Å². The summed E-state index contributed by atoms with van der Waals surface area (Å²) in [4.78, 5) is 24.4. The molecular weight excluding hydrogens is 264 g/mol. The number of aliphatic carboxylic acids is 1. The van der Waals surface area contributed by atoms with Gasteiger partial charge in [-0.3, -0.25) is 4.79 Å². The van der Waals surface area contributed by atoms with E-state index in [4.69, 9.17) is 5.11 Å². The van der Waals surface area contributed by atoms with Crippen molar-refractivity contribution in [1.82, 2.24) is 10.2 Å². The first kappa shape index (κ1) is 16.1. The van der Waals surface area contributed by atoms with Crippen molar-refractivity contribution in [1.29, 1.82) is 0 Å². The molecular formula is C13H24N2O3S. The molecule has 0 saturated carbocycles. The molecule has 5 nitrogen and oxygen atoms in total. The number of hydrogen-bond acceptors (Lipinski definition) is 3. The predicted molar refractivity (Wildman–Crippen MR) is 77.6 cm³/mol. The topological polar surface area (TPSA) is 69.6 Å². The van der Waals surface area contributed by atoms with Gasteiger partial charge in [0.25, 0.3) is 0 Å². The summed E-state index contributed by atoms with van der Waals surface area (Å²) in [6.07, 6.45) is 1.45. The number of nitrogens with zero attached hydrogens (tertiary/aromatic N) is 1. The Morgan fingerprint density at radius 3 is 2.74 bits per heavy atom. The average Bonchev–Trinajstić information content (AvgIpc) is 2.26. The van der Waals surface area contributed by atoms with Crippen molar-refractivity contribution in [3.8, 4) is 0 Å². The lowest BCUT2D eigenvalue weighted by atomic mass is 10.1. The third-order valence-electron chi connectivity index (χ3n) is 3.11. The monoisotopic (exact) mass is 288 g/mol. The zero-order valence-corrected chi connectivity index (χ0v) is 12.8. The number of thioether (sulfide) groups is 1. The Bertz CT molecular complexity index is 334. The average molecular weight is 288 g/mol. The normalized spacial score (nSPS) is 19.8. The first-order valence-corrected chi connectivity index (χ1v) is 7.70. The molecule has 0 aromatic heterocycles. The van der Waals surface area contributed by atoms with Crippen molar-refractivity contribution < 1.29 is 14.7 Å². The summed E-state index contributed by atoms with van der Waals surface area (Å²) >= 11 is 1.89. The molecule has 0 aromatic carbocycles. The van der Waals surface area contributed by atoms with Gasteiger partial charge in [-0.15, -0.1) is 0 Å². The van der Waals surface area contributed by atoms with Crippen molar-refractivity contribution >= 4 is 23.8 Å². The van der Waals surface area contributed by atoms with Gasteiger partial charge in [0.1, 0.15) is 0 Å². The third-order valence-corrected chi connectivity index (χ3v) is 4.41. The lowest BCUT2D eigenvalue weighted by molar-refractivity contribution is -0.137. The van der Waals surface area contributed by atoms with Gasteiger partial charge in [0, 0.05) is 36.1 Å². The van der Waals surface area contributed by atoms with E-state index < -0.39 is 5.97 Å². The lowest BCUT2D eigenvalue weighted by Crippen LogP contribution is -2.51. The largest absolute Gasteiger partial charge is 0.481 e. The minimum Gasteiger partial charge on any atom is -0.481 e. The summed E-state index contributed by atoms with van der Waals surface area (Å²) in [5.74, 6) is 0.182. The summed E-state index contributed by atoms with van der Waals surface area (Å²) in [5, 5.41) is 11.5. The molecule has 19 heavy (non-hydrogen) atoms. The zero-order chi connectivity index (χ0) is 14.5. The molecule has 0 aliphatic carbocycles. The Hall–Kier alpha value is -0.910. The van der Waals surface area contributed by atoms with Gasteiger partial charge in [-0.1, -0.05) is 0 Å². The van der Waals surface area contributed by atoms with E-state index in [0.29, 0.717) is 12.8 Å². The van der Waals surface area contributed by atoms with Crippen molar-refractivity contribution in [2.75, 3.05) is 18.8 Å². The zero-order valence-electron chi connectivity index (χ0n) is 11.9.